The molecule has 0 bridgehead atoms. The van der Waals surface area contributed by atoms with Gasteiger partial charge in [0.2, 0.25) is 0 Å². The lowest BCUT2D eigenvalue weighted by Gasteiger charge is -2.37. The smallest absolute Gasteiger partial charge is 0.416 e. The van der Waals surface area contributed by atoms with Gasteiger partial charge in [-0.15, -0.1) is 11.3 Å². The van der Waals surface area contributed by atoms with Crippen molar-refractivity contribution < 1.29 is 27.9 Å². The third-order valence-corrected chi connectivity index (χ3v) is 7.04. The minimum absolute atomic E-state index is 0.0490. The Morgan fingerprint density at radius 1 is 1.19 bits per heavy atom. The third-order valence-electron chi connectivity index (χ3n) is 4.56. The summed E-state index contributed by atoms with van der Waals surface area (Å²) in [6.45, 7) is 5.21. The molecule has 1 aromatic heterocycles. The first-order valence-corrected chi connectivity index (χ1v) is 11.1. The summed E-state index contributed by atoms with van der Waals surface area (Å²) in [5.74, 6) is -0.562. The lowest BCUT2D eigenvalue weighted by molar-refractivity contribution is -0.138. The van der Waals surface area contributed by atoms with E-state index in [9.17, 15) is 27.9 Å². The molecule has 2 rings (SSSR count). The molecule has 0 spiro atoms. The Balaban J connectivity index is 2.47. The Morgan fingerprint density at radius 3 is 2.29 bits per heavy atom. The van der Waals surface area contributed by atoms with Gasteiger partial charge in [-0.25, -0.2) is 4.79 Å². The summed E-state index contributed by atoms with van der Waals surface area (Å²) < 4.78 is 41.4. The molecule has 5 nitrogen and oxygen atoms in total. The van der Waals surface area contributed by atoms with Crippen LogP contribution in [-0.2, 0) is 12.6 Å². The van der Waals surface area contributed by atoms with Crippen molar-refractivity contribution in [3.8, 4) is 0 Å². The van der Waals surface area contributed by atoms with Crippen LogP contribution in [0.4, 0.5) is 18.0 Å². The Labute approximate surface area is 195 Å². The van der Waals surface area contributed by atoms with E-state index in [-0.39, 0.29) is 16.9 Å². The second kappa shape index (κ2) is 9.79. The number of amides is 2. The first-order valence-electron chi connectivity index (χ1n) is 9.10. The van der Waals surface area contributed by atoms with E-state index in [0.717, 1.165) is 17.4 Å². The maximum absolute atomic E-state index is 13.5. The van der Waals surface area contributed by atoms with Crippen LogP contribution in [0.2, 0.25) is 4.34 Å². The molecule has 2 amide bonds. The topological polar surface area (TPSA) is 78.4 Å². The van der Waals surface area contributed by atoms with Crippen molar-refractivity contribution >= 4 is 50.9 Å². The zero-order valence-corrected chi connectivity index (χ0v) is 20.0. The van der Waals surface area contributed by atoms with E-state index in [2.05, 4.69) is 26.6 Å². The van der Waals surface area contributed by atoms with Crippen LogP contribution in [0.1, 0.15) is 41.6 Å². The first kappa shape index (κ1) is 25.5. The largest absolute Gasteiger partial charge is 0.465 e. The molecule has 0 fully saturated rings. The van der Waals surface area contributed by atoms with Crippen LogP contribution in [0.15, 0.2) is 34.8 Å². The van der Waals surface area contributed by atoms with E-state index in [1.165, 1.54) is 24.3 Å². The summed E-state index contributed by atoms with van der Waals surface area (Å²) in [6, 6.07) is 4.68. The number of carboxylic acid groups (broad SMARTS) is 1. The van der Waals surface area contributed by atoms with Gasteiger partial charge in [0.15, 0.2) is 0 Å². The maximum atomic E-state index is 13.5. The van der Waals surface area contributed by atoms with E-state index < -0.39 is 41.2 Å². The molecule has 0 aliphatic rings. The minimum Gasteiger partial charge on any atom is -0.465 e. The Kier molecular flexibility index (Phi) is 8.04. The Bertz CT molecular complexity index is 940. The fourth-order valence-electron chi connectivity index (χ4n) is 3.22. The molecule has 2 aromatic rings. The van der Waals surface area contributed by atoms with Crippen LogP contribution in [0, 0.1) is 5.41 Å². The highest BCUT2D eigenvalue weighted by molar-refractivity contribution is 9.10. The molecular formula is C20H21BrClF3N2O3S. The second-order valence-corrected chi connectivity index (χ2v) is 10.5. The summed E-state index contributed by atoms with van der Waals surface area (Å²) in [6.07, 6.45) is -6.16. The van der Waals surface area contributed by atoms with E-state index in [1.54, 1.807) is 20.8 Å². The summed E-state index contributed by atoms with van der Waals surface area (Å²) in [5.41, 5.74) is -1.59. The monoisotopic (exact) mass is 540 g/mol. The predicted molar refractivity (Wildman–Crippen MR) is 118 cm³/mol. The Morgan fingerprint density at radius 2 is 1.81 bits per heavy atom. The molecule has 1 heterocycles. The van der Waals surface area contributed by atoms with Crippen molar-refractivity contribution in [1.29, 1.82) is 0 Å². The summed E-state index contributed by atoms with van der Waals surface area (Å²) in [7, 11) is 0. The van der Waals surface area contributed by atoms with Crippen LogP contribution in [-0.4, -0.2) is 29.2 Å². The zero-order chi connectivity index (χ0) is 23.6. The number of halogens is 5. The van der Waals surface area contributed by atoms with Gasteiger partial charge in [-0.2, -0.15) is 13.2 Å². The maximum Gasteiger partial charge on any atom is 0.416 e. The summed E-state index contributed by atoms with van der Waals surface area (Å²) in [4.78, 5) is 24.5. The SMILES string of the molecule is CC(C)(C)C(NC(=O)O)[C@H](Cc1ccccc1C(F)(F)F)NC(=O)c1cc(Br)c(Cl)s1. The quantitative estimate of drug-likeness (QED) is 0.407. The first-order chi connectivity index (χ1) is 14.2. The molecule has 0 radical (unpaired) electrons. The molecule has 3 N–H and O–H groups in total. The average molecular weight is 542 g/mol. The van der Waals surface area contributed by atoms with Crippen molar-refractivity contribution in [2.75, 3.05) is 0 Å². The molecule has 0 aliphatic carbocycles. The van der Waals surface area contributed by atoms with Crippen LogP contribution in [0.5, 0.6) is 0 Å². The third kappa shape index (κ3) is 6.85. The van der Waals surface area contributed by atoms with Crippen molar-refractivity contribution in [2.24, 2.45) is 5.41 Å². The predicted octanol–water partition coefficient (Wildman–Crippen LogP) is 6.21. The standard InChI is InChI=1S/C20H21BrClF3N2O3S/c1-19(2,3)15(27-18(29)30)13(26-17(28)14-9-12(21)16(22)31-14)8-10-6-4-5-7-11(10)20(23,24)25/h4-7,9,13,15,27H,8H2,1-3H3,(H,26,28)(H,29,30)/t13-,15?/m0/s1. The normalized spacial score (nSPS) is 14.1. The van der Waals surface area contributed by atoms with Crippen molar-refractivity contribution in [3.63, 3.8) is 0 Å². The number of carbonyl (C=O) groups is 2. The number of nitrogens with one attached hydrogen (secondary N) is 2. The van der Waals surface area contributed by atoms with E-state index in [1.807, 2.05) is 0 Å². The van der Waals surface area contributed by atoms with Crippen molar-refractivity contribution in [2.45, 2.75) is 45.5 Å². The number of rotatable bonds is 6. The summed E-state index contributed by atoms with van der Waals surface area (Å²) in [5, 5.41) is 14.4. The molecule has 170 valence electrons. The summed E-state index contributed by atoms with van der Waals surface area (Å²) >= 11 is 10.2. The molecule has 2 atom stereocenters. The number of hydrogen-bond acceptors (Lipinski definition) is 3. The van der Waals surface area contributed by atoms with Crippen LogP contribution in [0.3, 0.4) is 0 Å². The number of benzene rings is 1. The van der Waals surface area contributed by atoms with E-state index in [4.69, 9.17) is 11.6 Å². The van der Waals surface area contributed by atoms with Gasteiger partial charge in [-0.3, -0.25) is 4.79 Å². The Hall–Kier alpha value is -1.78. The molecule has 11 heteroatoms. The van der Waals surface area contributed by atoms with Crippen molar-refractivity contribution in [3.05, 3.63) is 55.1 Å². The minimum atomic E-state index is -4.59. The fraction of sp³-hybridized carbons (Fsp3) is 0.400. The molecule has 1 aromatic carbocycles. The van der Waals surface area contributed by atoms with Crippen LogP contribution >= 0.6 is 38.9 Å². The van der Waals surface area contributed by atoms with Gasteiger partial charge in [0.1, 0.15) is 4.34 Å². The van der Waals surface area contributed by atoms with Crippen LogP contribution < -0.4 is 10.6 Å². The number of carbonyl (C=O) groups excluding carboxylic acids is 1. The highest BCUT2D eigenvalue weighted by Crippen LogP contribution is 2.35. The van der Waals surface area contributed by atoms with Gasteiger partial charge >= 0.3 is 12.3 Å². The molecule has 0 saturated heterocycles. The fourth-order valence-corrected chi connectivity index (χ4v) is 4.82. The van der Waals surface area contributed by atoms with Gasteiger partial charge in [-0.05, 0) is 45.5 Å². The van der Waals surface area contributed by atoms with E-state index >= 15 is 0 Å². The lowest BCUT2D eigenvalue weighted by Crippen LogP contribution is -2.58. The molecule has 0 saturated carbocycles. The van der Waals surface area contributed by atoms with Crippen LogP contribution in [0.25, 0.3) is 0 Å². The van der Waals surface area contributed by atoms with Gasteiger partial charge in [0.05, 0.1) is 22.5 Å². The van der Waals surface area contributed by atoms with Crippen molar-refractivity contribution in [1.82, 2.24) is 10.6 Å². The molecule has 0 aliphatic heterocycles. The molecule has 31 heavy (non-hydrogen) atoms. The molecule has 1 unspecified atom stereocenters. The second-order valence-electron chi connectivity index (χ2n) is 7.96. The highest BCUT2D eigenvalue weighted by atomic mass is 79.9. The number of alkyl halides is 3. The molecular weight excluding hydrogens is 521 g/mol. The van der Waals surface area contributed by atoms with E-state index in [0.29, 0.717) is 8.81 Å². The number of thiophene rings is 1. The van der Waals surface area contributed by atoms with Gasteiger partial charge < -0.3 is 15.7 Å². The van der Waals surface area contributed by atoms with Gasteiger partial charge in [0, 0.05) is 4.47 Å². The van der Waals surface area contributed by atoms with Gasteiger partial charge in [0.25, 0.3) is 5.91 Å². The zero-order valence-electron chi connectivity index (χ0n) is 16.8. The number of hydrogen-bond donors (Lipinski definition) is 3. The van der Waals surface area contributed by atoms with Gasteiger partial charge in [-0.1, -0.05) is 50.6 Å². The lowest BCUT2D eigenvalue weighted by atomic mass is 9.79. The average Bonchev–Trinajstić information content (AvgIpc) is 2.96. The highest BCUT2D eigenvalue weighted by Gasteiger charge is 2.38.